The number of carbonyl (C=O) groups is 1. The Morgan fingerprint density at radius 2 is 2.12 bits per heavy atom. The van der Waals surface area contributed by atoms with E-state index in [-0.39, 0.29) is 11.5 Å². The third-order valence-corrected chi connectivity index (χ3v) is 4.90. The quantitative estimate of drug-likeness (QED) is 0.827. The highest BCUT2D eigenvalue weighted by Crippen LogP contribution is 2.22. The van der Waals surface area contributed by atoms with Gasteiger partial charge in [0.1, 0.15) is 6.04 Å². The highest BCUT2D eigenvalue weighted by atomic mass is 16.5. The molecule has 1 saturated heterocycles. The summed E-state index contributed by atoms with van der Waals surface area (Å²) < 4.78 is 4.86. The fourth-order valence-electron chi connectivity index (χ4n) is 3.63. The van der Waals surface area contributed by atoms with E-state index in [2.05, 4.69) is 4.98 Å². The number of esters is 1. The average Bonchev–Trinajstić information content (AvgIpc) is 2.57. The van der Waals surface area contributed by atoms with Crippen LogP contribution in [-0.2, 0) is 16.1 Å². The van der Waals surface area contributed by atoms with Crippen LogP contribution in [0.4, 0.5) is 0 Å². The van der Waals surface area contributed by atoms with Crippen molar-refractivity contribution in [2.24, 2.45) is 0 Å². The van der Waals surface area contributed by atoms with Crippen LogP contribution in [0.1, 0.15) is 29.5 Å². The average molecular weight is 344 g/mol. The number of hydrogen-bond donors (Lipinski definition) is 2. The number of methoxy groups -OCH3 is 1. The van der Waals surface area contributed by atoms with Crippen LogP contribution in [0.5, 0.6) is 0 Å². The maximum atomic E-state index is 12.5. The number of fused-ring (bicyclic) bond motifs is 1. The van der Waals surface area contributed by atoms with Crippen LogP contribution < -0.4 is 5.56 Å². The number of hydrogen-bond acceptors (Lipinski definition) is 5. The monoisotopic (exact) mass is 344 g/mol. The number of nitrogens with one attached hydrogen (secondary N) is 1. The summed E-state index contributed by atoms with van der Waals surface area (Å²) in [7, 11) is 1.34. The first-order chi connectivity index (χ1) is 11.9. The van der Waals surface area contributed by atoms with Gasteiger partial charge >= 0.3 is 5.97 Å². The van der Waals surface area contributed by atoms with Crippen molar-refractivity contribution >= 4 is 16.9 Å². The number of aryl methyl sites for hydroxylation is 2. The molecule has 0 spiro atoms. The predicted octanol–water partition coefficient (Wildman–Crippen LogP) is 1.64. The highest BCUT2D eigenvalue weighted by Gasteiger charge is 2.33. The predicted molar refractivity (Wildman–Crippen MR) is 95.5 cm³/mol. The molecule has 1 aliphatic heterocycles. The molecule has 1 aliphatic rings. The number of benzene rings is 1. The van der Waals surface area contributed by atoms with Crippen molar-refractivity contribution in [2.45, 2.75) is 45.4 Å². The Hall–Kier alpha value is -2.18. The van der Waals surface area contributed by atoms with Gasteiger partial charge in [-0.3, -0.25) is 14.5 Å². The maximum absolute atomic E-state index is 12.5. The topological polar surface area (TPSA) is 82.6 Å². The fourth-order valence-corrected chi connectivity index (χ4v) is 3.63. The van der Waals surface area contributed by atoms with E-state index >= 15 is 0 Å². The lowest BCUT2D eigenvalue weighted by molar-refractivity contribution is -0.150. The summed E-state index contributed by atoms with van der Waals surface area (Å²) in [5, 5.41) is 10.8. The standard InChI is InChI=1S/C19H24N2O4/c1-11-6-12(2)17-13(7-11)8-14(18(23)20-17)10-21-5-4-15(22)9-16(21)19(24)25-3/h6-8,15-16,22H,4-5,9-10H2,1-3H3,(H,20,23)/t15-,16+/m0/s1. The Kier molecular flexibility index (Phi) is 4.92. The third-order valence-electron chi connectivity index (χ3n) is 4.90. The SMILES string of the molecule is COC(=O)[C@H]1C[C@@H](O)CCN1Cc1cc2cc(C)cc(C)c2[nH]c1=O. The molecule has 0 unspecified atom stereocenters. The summed E-state index contributed by atoms with van der Waals surface area (Å²) in [6, 6.07) is 5.45. The fraction of sp³-hybridized carbons (Fsp3) is 0.474. The molecule has 0 bridgehead atoms. The third kappa shape index (κ3) is 3.60. The van der Waals surface area contributed by atoms with Crippen LogP contribution >= 0.6 is 0 Å². The van der Waals surface area contributed by atoms with Gasteiger partial charge in [0.25, 0.3) is 5.56 Å². The van der Waals surface area contributed by atoms with E-state index in [0.717, 1.165) is 22.0 Å². The summed E-state index contributed by atoms with van der Waals surface area (Å²) in [5.41, 5.74) is 3.48. The van der Waals surface area contributed by atoms with Crippen molar-refractivity contribution in [3.8, 4) is 0 Å². The Bertz CT molecular complexity index is 858. The van der Waals surface area contributed by atoms with E-state index in [0.29, 0.717) is 31.5 Å². The van der Waals surface area contributed by atoms with Crippen LogP contribution in [0.15, 0.2) is 23.0 Å². The molecule has 25 heavy (non-hydrogen) atoms. The van der Waals surface area contributed by atoms with Crippen LogP contribution in [0, 0.1) is 13.8 Å². The van der Waals surface area contributed by atoms with Gasteiger partial charge in [0.15, 0.2) is 0 Å². The number of aromatic amines is 1. The number of carbonyl (C=O) groups excluding carboxylic acids is 1. The van der Waals surface area contributed by atoms with Gasteiger partial charge < -0.3 is 14.8 Å². The first kappa shape index (κ1) is 17.6. The molecule has 2 heterocycles. The molecule has 1 aromatic heterocycles. The van der Waals surface area contributed by atoms with Gasteiger partial charge in [0, 0.05) is 18.7 Å². The van der Waals surface area contributed by atoms with E-state index in [1.165, 1.54) is 7.11 Å². The molecule has 6 nitrogen and oxygen atoms in total. The van der Waals surface area contributed by atoms with Crippen molar-refractivity contribution in [1.29, 1.82) is 0 Å². The number of rotatable bonds is 3. The van der Waals surface area contributed by atoms with Gasteiger partial charge in [0.05, 0.1) is 18.7 Å². The van der Waals surface area contributed by atoms with Gasteiger partial charge in [-0.1, -0.05) is 11.6 Å². The van der Waals surface area contributed by atoms with Gasteiger partial charge in [-0.25, -0.2) is 0 Å². The summed E-state index contributed by atoms with van der Waals surface area (Å²) in [5.74, 6) is -0.373. The van der Waals surface area contributed by atoms with Gasteiger partial charge in [-0.2, -0.15) is 0 Å². The second kappa shape index (κ2) is 6.98. The molecule has 2 aromatic rings. The smallest absolute Gasteiger partial charge is 0.323 e. The molecule has 0 aliphatic carbocycles. The second-order valence-corrected chi connectivity index (χ2v) is 6.86. The first-order valence-electron chi connectivity index (χ1n) is 8.52. The minimum atomic E-state index is -0.525. The van der Waals surface area contributed by atoms with E-state index < -0.39 is 12.1 Å². The molecule has 134 valence electrons. The minimum absolute atomic E-state index is 0.144. The number of H-pyrrole nitrogens is 1. The first-order valence-corrected chi connectivity index (χ1v) is 8.52. The Balaban J connectivity index is 1.94. The lowest BCUT2D eigenvalue weighted by Crippen LogP contribution is -2.49. The Morgan fingerprint density at radius 3 is 2.84 bits per heavy atom. The summed E-state index contributed by atoms with van der Waals surface area (Å²) in [6.45, 7) is 4.90. The Morgan fingerprint density at radius 1 is 1.36 bits per heavy atom. The summed E-state index contributed by atoms with van der Waals surface area (Å²) >= 11 is 0. The maximum Gasteiger partial charge on any atom is 0.323 e. The van der Waals surface area contributed by atoms with Crippen molar-refractivity contribution in [3.63, 3.8) is 0 Å². The molecule has 2 atom stereocenters. The number of piperidine rings is 1. The van der Waals surface area contributed by atoms with E-state index in [9.17, 15) is 14.7 Å². The van der Waals surface area contributed by atoms with Gasteiger partial charge in [0.2, 0.25) is 0 Å². The molecular formula is C19H24N2O4. The number of aromatic nitrogens is 1. The summed E-state index contributed by atoms with van der Waals surface area (Å²) in [4.78, 5) is 29.4. The van der Waals surface area contributed by atoms with Crippen molar-refractivity contribution in [1.82, 2.24) is 9.88 Å². The van der Waals surface area contributed by atoms with Gasteiger partial charge in [-0.15, -0.1) is 0 Å². The molecule has 0 saturated carbocycles. The lowest BCUT2D eigenvalue weighted by Gasteiger charge is -2.35. The van der Waals surface area contributed by atoms with E-state index in [1.807, 2.05) is 36.9 Å². The van der Waals surface area contributed by atoms with Crippen molar-refractivity contribution < 1.29 is 14.6 Å². The largest absolute Gasteiger partial charge is 0.468 e. The molecule has 0 radical (unpaired) electrons. The van der Waals surface area contributed by atoms with Crippen LogP contribution in [0.25, 0.3) is 10.9 Å². The Labute approximate surface area is 146 Å². The number of pyridine rings is 1. The number of aliphatic hydroxyl groups excluding tert-OH is 1. The molecule has 0 amide bonds. The zero-order valence-corrected chi connectivity index (χ0v) is 14.8. The van der Waals surface area contributed by atoms with Crippen molar-refractivity contribution in [3.05, 3.63) is 45.2 Å². The second-order valence-electron chi connectivity index (χ2n) is 6.86. The van der Waals surface area contributed by atoms with Crippen molar-refractivity contribution in [2.75, 3.05) is 13.7 Å². The molecule has 1 fully saturated rings. The zero-order chi connectivity index (χ0) is 18.1. The van der Waals surface area contributed by atoms with E-state index in [1.54, 1.807) is 0 Å². The highest BCUT2D eigenvalue weighted by molar-refractivity contribution is 5.83. The normalized spacial score (nSPS) is 21.4. The number of aliphatic hydroxyl groups is 1. The number of likely N-dealkylation sites (tertiary alicyclic amines) is 1. The summed E-state index contributed by atoms with van der Waals surface area (Å²) in [6.07, 6.45) is 0.397. The molecule has 6 heteroatoms. The number of ether oxygens (including phenoxy) is 1. The van der Waals surface area contributed by atoms with Gasteiger partial charge in [-0.05, 0) is 49.8 Å². The molecule has 2 N–H and O–H groups in total. The zero-order valence-electron chi connectivity index (χ0n) is 14.8. The van der Waals surface area contributed by atoms with E-state index in [4.69, 9.17) is 4.74 Å². The molecule has 1 aromatic carbocycles. The van der Waals surface area contributed by atoms with Crippen LogP contribution in [-0.4, -0.2) is 46.8 Å². The lowest BCUT2D eigenvalue weighted by atomic mass is 9.98. The van der Waals surface area contributed by atoms with Crippen LogP contribution in [0.2, 0.25) is 0 Å². The minimum Gasteiger partial charge on any atom is -0.468 e. The molecule has 3 rings (SSSR count). The molecular weight excluding hydrogens is 320 g/mol. The number of nitrogens with zero attached hydrogens (tertiary/aromatic N) is 1. The van der Waals surface area contributed by atoms with Crippen LogP contribution in [0.3, 0.4) is 0 Å².